The molecule has 1 aromatic carbocycles. The minimum atomic E-state index is -0.532. The molecule has 0 spiro atoms. The highest BCUT2D eigenvalue weighted by molar-refractivity contribution is 7.99. The molecule has 0 saturated carbocycles. The first-order valence-corrected chi connectivity index (χ1v) is 6.68. The molecule has 7 heteroatoms. The van der Waals surface area contributed by atoms with Crippen LogP contribution in [0.15, 0.2) is 34.2 Å². The molecule has 1 heterocycles. The van der Waals surface area contributed by atoms with Crippen LogP contribution in [0.3, 0.4) is 0 Å². The van der Waals surface area contributed by atoms with E-state index in [0.29, 0.717) is 4.90 Å². The maximum Gasteiger partial charge on any atom is 0.281 e. The lowest BCUT2D eigenvalue weighted by atomic mass is 10.1. The summed E-state index contributed by atoms with van der Waals surface area (Å²) in [6.45, 7) is 3.20. The van der Waals surface area contributed by atoms with Gasteiger partial charge < -0.3 is 0 Å². The Kier molecular flexibility index (Phi) is 3.89. The molecule has 0 aliphatic heterocycles. The van der Waals surface area contributed by atoms with Crippen molar-refractivity contribution in [3.05, 3.63) is 45.6 Å². The van der Waals surface area contributed by atoms with Crippen molar-refractivity contribution in [1.82, 2.24) is 9.78 Å². The first-order chi connectivity index (χ1) is 9.38. The fourth-order valence-corrected chi connectivity index (χ4v) is 2.78. The number of benzene rings is 1. The highest BCUT2D eigenvalue weighted by Crippen LogP contribution is 2.32. The summed E-state index contributed by atoms with van der Waals surface area (Å²) in [6, 6.07) is 6.52. The summed E-state index contributed by atoms with van der Waals surface area (Å²) in [7, 11) is 1.81. The third-order valence-corrected chi connectivity index (χ3v) is 3.81. The monoisotopic (exact) mass is 291 g/mol. The second-order valence-corrected chi connectivity index (χ2v) is 5.44. The molecule has 0 bridgehead atoms. The van der Waals surface area contributed by atoms with Gasteiger partial charge in [-0.3, -0.25) is 19.6 Å². The van der Waals surface area contributed by atoms with Crippen molar-refractivity contribution < 1.29 is 9.72 Å². The number of ketones is 1. The molecule has 104 valence electrons. The van der Waals surface area contributed by atoms with Gasteiger partial charge in [0.1, 0.15) is 0 Å². The molecule has 1 aromatic heterocycles. The molecule has 2 aromatic rings. The van der Waals surface area contributed by atoms with E-state index in [9.17, 15) is 14.9 Å². The first kappa shape index (κ1) is 14.3. The van der Waals surface area contributed by atoms with Gasteiger partial charge in [0.2, 0.25) is 0 Å². The lowest BCUT2D eigenvalue weighted by molar-refractivity contribution is -0.385. The Balaban J connectivity index is 2.39. The van der Waals surface area contributed by atoms with E-state index in [0.717, 1.165) is 10.7 Å². The normalized spacial score (nSPS) is 10.6. The van der Waals surface area contributed by atoms with Crippen molar-refractivity contribution in [2.45, 2.75) is 23.8 Å². The average Bonchev–Trinajstić information content (AvgIpc) is 2.67. The number of rotatable bonds is 4. The molecular formula is C13H13N3O3S. The molecule has 0 saturated heterocycles. The van der Waals surface area contributed by atoms with E-state index < -0.39 is 4.92 Å². The fraction of sp³-hybridized carbons (Fsp3) is 0.231. The van der Waals surface area contributed by atoms with Crippen LogP contribution in [0.25, 0.3) is 0 Å². The molecule has 0 aliphatic rings. The molecular weight excluding hydrogens is 278 g/mol. The topological polar surface area (TPSA) is 78.0 Å². The zero-order valence-electron chi connectivity index (χ0n) is 11.3. The first-order valence-electron chi connectivity index (χ1n) is 5.86. The van der Waals surface area contributed by atoms with Crippen molar-refractivity contribution in [2.24, 2.45) is 7.05 Å². The Morgan fingerprint density at radius 2 is 2.10 bits per heavy atom. The number of nitrogens with zero attached hydrogens (tertiary/aromatic N) is 3. The van der Waals surface area contributed by atoms with Crippen LogP contribution in [-0.2, 0) is 7.05 Å². The number of hydrogen-bond donors (Lipinski definition) is 0. The fourth-order valence-electron chi connectivity index (χ4n) is 1.83. The van der Waals surface area contributed by atoms with E-state index in [1.165, 1.54) is 30.8 Å². The van der Waals surface area contributed by atoms with E-state index in [2.05, 4.69) is 5.10 Å². The second kappa shape index (κ2) is 5.46. The Bertz CT molecular complexity index is 694. The molecule has 0 radical (unpaired) electrons. The van der Waals surface area contributed by atoms with Crippen molar-refractivity contribution in [3.8, 4) is 0 Å². The Morgan fingerprint density at radius 3 is 2.60 bits per heavy atom. The maximum absolute atomic E-state index is 11.4. The lowest BCUT2D eigenvalue weighted by Crippen LogP contribution is -2.00. The van der Waals surface area contributed by atoms with Crippen LogP contribution in [0.4, 0.5) is 5.69 Å². The van der Waals surface area contributed by atoms with Crippen LogP contribution in [0.1, 0.15) is 23.0 Å². The van der Waals surface area contributed by atoms with Crippen LogP contribution < -0.4 is 0 Å². The van der Waals surface area contributed by atoms with Gasteiger partial charge in [-0.1, -0.05) is 11.8 Å². The number of hydrogen-bond acceptors (Lipinski definition) is 5. The van der Waals surface area contributed by atoms with Crippen molar-refractivity contribution in [1.29, 1.82) is 0 Å². The predicted molar refractivity (Wildman–Crippen MR) is 75.2 cm³/mol. The van der Waals surface area contributed by atoms with Gasteiger partial charge in [-0.25, -0.2) is 0 Å². The molecule has 20 heavy (non-hydrogen) atoms. The van der Waals surface area contributed by atoms with Gasteiger partial charge in [-0.15, -0.1) is 0 Å². The number of carbonyl (C=O) groups excluding carboxylic acids is 1. The number of aryl methyl sites for hydroxylation is 2. The number of nitro groups is 1. The van der Waals surface area contributed by atoms with E-state index in [-0.39, 0.29) is 17.0 Å². The number of nitro benzene ring substituents is 1. The van der Waals surface area contributed by atoms with E-state index in [1.807, 2.05) is 20.0 Å². The van der Waals surface area contributed by atoms with E-state index in [1.54, 1.807) is 10.7 Å². The van der Waals surface area contributed by atoms with E-state index in [4.69, 9.17) is 0 Å². The number of aromatic nitrogens is 2. The highest BCUT2D eigenvalue weighted by atomic mass is 32.2. The van der Waals surface area contributed by atoms with Gasteiger partial charge in [-0.2, -0.15) is 5.10 Å². The minimum absolute atomic E-state index is 0.125. The maximum atomic E-state index is 11.4. The van der Waals surface area contributed by atoms with Gasteiger partial charge in [-0.05, 0) is 32.0 Å². The molecule has 0 N–H and O–H groups in total. The van der Waals surface area contributed by atoms with Crippen LogP contribution in [0, 0.1) is 17.0 Å². The predicted octanol–water partition coefficient (Wildman–Crippen LogP) is 2.99. The smallest absolute Gasteiger partial charge is 0.281 e. The molecule has 0 fully saturated rings. The molecule has 6 nitrogen and oxygen atoms in total. The van der Waals surface area contributed by atoms with Crippen LogP contribution in [0.2, 0.25) is 0 Å². The quantitative estimate of drug-likeness (QED) is 0.491. The molecule has 0 atom stereocenters. The Morgan fingerprint density at radius 1 is 1.40 bits per heavy atom. The summed E-state index contributed by atoms with van der Waals surface area (Å²) in [5.74, 6) is -0.315. The summed E-state index contributed by atoms with van der Waals surface area (Å²) in [4.78, 5) is 22.6. The van der Waals surface area contributed by atoms with Gasteiger partial charge in [0, 0.05) is 18.0 Å². The standard InChI is InChI=1S/C13H13N3O3S/c1-8-6-13(15(3)14-8)20-10-4-5-11(9(2)17)12(7-10)16(18)19/h4-7H,1-3H3. The number of Topliss-reactive ketones (excluding diaryl/α,β-unsaturated/α-hetero) is 1. The third-order valence-electron chi connectivity index (χ3n) is 2.73. The van der Waals surface area contributed by atoms with E-state index >= 15 is 0 Å². The lowest BCUT2D eigenvalue weighted by Gasteiger charge is -2.04. The van der Waals surface area contributed by atoms with Crippen molar-refractivity contribution in [3.63, 3.8) is 0 Å². The average molecular weight is 291 g/mol. The van der Waals surface area contributed by atoms with Gasteiger partial charge >= 0.3 is 0 Å². The summed E-state index contributed by atoms with van der Waals surface area (Å²) < 4.78 is 1.71. The van der Waals surface area contributed by atoms with Crippen LogP contribution >= 0.6 is 11.8 Å². The van der Waals surface area contributed by atoms with Gasteiger partial charge in [0.25, 0.3) is 5.69 Å². The number of carbonyl (C=O) groups is 1. The zero-order valence-corrected chi connectivity index (χ0v) is 12.1. The van der Waals surface area contributed by atoms with Gasteiger partial charge in [0.05, 0.1) is 21.2 Å². The summed E-state index contributed by atoms with van der Waals surface area (Å²) in [6.07, 6.45) is 0. The summed E-state index contributed by atoms with van der Waals surface area (Å²) in [5.41, 5.74) is 0.840. The molecule has 2 rings (SSSR count). The minimum Gasteiger partial charge on any atom is -0.294 e. The SMILES string of the molecule is CC(=O)c1ccc(Sc2cc(C)nn2C)cc1[N+](=O)[O-]. The molecule has 0 unspecified atom stereocenters. The van der Waals surface area contributed by atoms with Gasteiger partial charge in [0.15, 0.2) is 5.78 Å². The Labute approximate surface area is 119 Å². The second-order valence-electron chi connectivity index (χ2n) is 4.34. The third kappa shape index (κ3) is 2.88. The van der Waals surface area contributed by atoms with Crippen LogP contribution in [0.5, 0.6) is 0 Å². The summed E-state index contributed by atoms with van der Waals surface area (Å²) in [5, 5.41) is 16.1. The van der Waals surface area contributed by atoms with Crippen molar-refractivity contribution >= 4 is 23.2 Å². The van der Waals surface area contributed by atoms with Crippen LogP contribution in [-0.4, -0.2) is 20.5 Å². The molecule has 0 amide bonds. The van der Waals surface area contributed by atoms with Crippen molar-refractivity contribution in [2.75, 3.05) is 0 Å². The highest BCUT2D eigenvalue weighted by Gasteiger charge is 2.18. The summed E-state index contributed by atoms with van der Waals surface area (Å²) >= 11 is 1.37. The molecule has 0 aliphatic carbocycles. The zero-order chi connectivity index (χ0) is 14.9. The Hall–Kier alpha value is -2.15. The largest absolute Gasteiger partial charge is 0.294 e.